The highest BCUT2D eigenvalue weighted by Crippen LogP contribution is 2.12. The zero-order valence-electron chi connectivity index (χ0n) is 12.7. The molecule has 0 radical (unpaired) electrons. The van der Waals surface area contributed by atoms with Crippen LogP contribution in [0, 0.1) is 6.92 Å². The standard InChI is InChI=1S/C17H28N2/c1-14-5-4-6-16(13-14)8-7-15(2)18-17-9-11-19(3)12-10-17/h4-6,13,15,17-18H,7-12H2,1-3H3. The van der Waals surface area contributed by atoms with Crippen LogP contribution < -0.4 is 5.32 Å². The summed E-state index contributed by atoms with van der Waals surface area (Å²) in [4.78, 5) is 2.43. The summed E-state index contributed by atoms with van der Waals surface area (Å²) in [6.07, 6.45) is 5.01. The summed E-state index contributed by atoms with van der Waals surface area (Å²) in [5.74, 6) is 0. The second-order valence-electron chi connectivity index (χ2n) is 6.17. The molecule has 2 rings (SSSR count). The molecule has 1 aliphatic rings. The van der Waals surface area contributed by atoms with Crippen molar-refractivity contribution in [1.82, 2.24) is 10.2 Å². The molecule has 2 heteroatoms. The van der Waals surface area contributed by atoms with E-state index in [2.05, 4.69) is 55.4 Å². The van der Waals surface area contributed by atoms with E-state index in [0.29, 0.717) is 6.04 Å². The monoisotopic (exact) mass is 260 g/mol. The fourth-order valence-corrected chi connectivity index (χ4v) is 2.91. The zero-order valence-corrected chi connectivity index (χ0v) is 12.7. The number of nitrogens with zero attached hydrogens (tertiary/aromatic N) is 1. The van der Waals surface area contributed by atoms with Gasteiger partial charge in [0.25, 0.3) is 0 Å². The fourth-order valence-electron chi connectivity index (χ4n) is 2.91. The predicted molar refractivity (Wildman–Crippen MR) is 82.6 cm³/mol. The molecule has 106 valence electrons. The number of hydrogen-bond donors (Lipinski definition) is 1. The van der Waals surface area contributed by atoms with Crippen LogP contribution in [0.3, 0.4) is 0 Å². The maximum absolute atomic E-state index is 3.80. The maximum atomic E-state index is 3.80. The SMILES string of the molecule is Cc1cccc(CCC(C)NC2CCN(C)CC2)c1. The molecular weight excluding hydrogens is 232 g/mol. The first-order valence-corrected chi connectivity index (χ1v) is 7.63. The minimum atomic E-state index is 0.619. The van der Waals surface area contributed by atoms with Crippen molar-refractivity contribution in [3.05, 3.63) is 35.4 Å². The Balaban J connectivity index is 1.71. The van der Waals surface area contributed by atoms with Crippen molar-refractivity contribution in [3.63, 3.8) is 0 Å². The van der Waals surface area contributed by atoms with Gasteiger partial charge in [0, 0.05) is 12.1 Å². The van der Waals surface area contributed by atoms with Crippen LogP contribution in [0.1, 0.15) is 37.3 Å². The van der Waals surface area contributed by atoms with E-state index >= 15 is 0 Å². The van der Waals surface area contributed by atoms with E-state index in [1.165, 1.54) is 49.9 Å². The van der Waals surface area contributed by atoms with Gasteiger partial charge in [0.1, 0.15) is 0 Å². The van der Waals surface area contributed by atoms with Gasteiger partial charge >= 0.3 is 0 Å². The largest absolute Gasteiger partial charge is 0.311 e. The lowest BCUT2D eigenvalue weighted by Gasteiger charge is -2.31. The van der Waals surface area contributed by atoms with Crippen LogP contribution in [-0.2, 0) is 6.42 Å². The molecule has 1 saturated heterocycles. The summed E-state index contributed by atoms with van der Waals surface area (Å²) in [7, 11) is 2.22. The van der Waals surface area contributed by atoms with E-state index in [1.807, 2.05) is 0 Å². The van der Waals surface area contributed by atoms with Crippen molar-refractivity contribution in [2.75, 3.05) is 20.1 Å². The smallest absolute Gasteiger partial charge is 0.00938 e. The lowest BCUT2D eigenvalue weighted by molar-refractivity contribution is 0.224. The Morgan fingerprint density at radius 3 is 2.74 bits per heavy atom. The first-order chi connectivity index (χ1) is 9.13. The predicted octanol–water partition coefficient (Wildman–Crippen LogP) is 3.00. The van der Waals surface area contributed by atoms with Crippen LogP contribution in [-0.4, -0.2) is 37.1 Å². The summed E-state index contributed by atoms with van der Waals surface area (Å²) in [6, 6.07) is 10.2. The van der Waals surface area contributed by atoms with Crippen LogP contribution in [0.2, 0.25) is 0 Å². The number of rotatable bonds is 5. The Labute approximate surface area is 118 Å². The summed E-state index contributed by atoms with van der Waals surface area (Å²) in [5, 5.41) is 3.80. The molecule has 1 unspecified atom stereocenters. The molecule has 0 spiro atoms. The number of nitrogens with one attached hydrogen (secondary N) is 1. The number of benzene rings is 1. The van der Waals surface area contributed by atoms with Gasteiger partial charge < -0.3 is 10.2 Å². The Morgan fingerprint density at radius 2 is 2.05 bits per heavy atom. The normalized spacial score (nSPS) is 19.5. The van der Waals surface area contributed by atoms with Gasteiger partial charge in [-0.1, -0.05) is 29.8 Å². The summed E-state index contributed by atoms with van der Waals surface area (Å²) in [6.45, 7) is 6.97. The first-order valence-electron chi connectivity index (χ1n) is 7.63. The molecular formula is C17H28N2. The Bertz CT molecular complexity index is 381. The molecule has 0 bridgehead atoms. The molecule has 1 fully saturated rings. The topological polar surface area (TPSA) is 15.3 Å². The lowest BCUT2D eigenvalue weighted by Crippen LogP contribution is -2.44. The van der Waals surface area contributed by atoms with Crippen molar-refractivity contribution in [2.45, 2.75) is 51.6 Å². The quantitative estimate of drug-likeness (QED) is 0.875. The highest BCUT2D eigenvalue weighted by Gasteiger charge is 2.17. The highest BCUT2D eigenvalue weighted by molar-refractivity contribution is 5.22. The van der Waals surface area contributed by atoms with E-state index in [4.69, 9.17) is 0 Å². The van der Waals surface area contributed by atoms with Gasteiger partial charge in [0.05, 0.1) is 0 Å². The van der Waals surface area contributed by atoms with Crippen molar-refractivity contribution in [1.29, 1.82) is 0 Å². The molecule has 0 aliphatic carbocycles. The second kappa shape index (κ2) is 7.06. The third-order valence-corrected chi connectivity index (χ3v) is 4.19. The lowest BCUT2D eigenvalue weighted by atomic mass is 10.0. The van der Waals surface area contributed by atoms with Crippen molar-refractivity contribution in [3.8, 4) is 0 Å². The number of hydrogen-bond acceptors (Lipinski definition) is 2. The van der Waals surface area contributed by atoms with Crippen LogP contribution in [0.4, 0.5) is 0 Å². The van der Waals surface area contributed by atoms with E-state index in [9.17, 15) is 0 Å². The Kier molecular flexibility index (Phi) is 5.41. The molecule has 2 nitrogen and oxygen atoms in total. The first kappa shape index (κ1) is 14.5. The van der Waals surface area contributed by atoms with E-state index in [-0.39, 0.29) is 0 Å². The molecule has 0 aromatic heterocycles. The molecule has 1 atom stereocenters. The van der Waals surface area contributed by atoms with Gasteiger partial charge in [0.2, 0.25) is 0 Å². The second-order valence-corrected chi connectivity index (χ2v) is 6.17. The van der Waals surface area contributed by atoms with Gasteiger partial charge in [0.15, 0.2) is 0 Å². The van der Waals surface area contributed by atoms with Gasteiger partial charge in [-0.05, 0) is 65.2 Å². The van der Waals surface area contributed by atoms with Gasteiger partial charge in [-0.3, -0.25) is 0 Å². The highest BCUT2D eigenvalue weighted by atomic mass is 15.1. The summed E-state index contributed by atoms with van der Waals surface area (Å²) in [5.41, 5.74) is 2.84. The molecule has 1 heterocycles. The third kappa shape index (κ3) is 4.96. The van der Waals surface area contributed by atoms with Crippen molar-refractivity contribution < 1.29 is 0 Å². The average Bonchev–Trinajstić information content (AvgIpc) is 2.39. The Morgan fingerprint density at radius 1 is 1.32 bits per heavy atom. The minimum absolute atomic E-state index is 0.619. The van der Waals surface area contributed by atoms with Gasteiger partial charge in [-0.25, -0.2) is 0 Å². The number of aryl methyl sites for hydroxylation is 2. The van der Waals surface area contributed by atoms with E-state index in [0.717, 1.165) is 6.04 Å². The zero-order chi connectivity index (χ0) is 13.7. The minimum Gasteiger partial charge on any atom is -0.311 e. The molecule has 19 heavy (non-hydrogen) atoms. The summed E-state index contributed by atoms with van der Waals surface area (Å²) >= 11 is 0. The van der Waals surface area contributed by atoms with Crippen LogP contribution >= 0.6 is 0 Å². The molecule has 1 aliphatic heterocycles. The average molecular weight is 260 g/mol. The van der Waals surface area contributed by atoms with Crippen molar-refractivity contribution >= 4 is 0 Å². The third-order valence-electron chi connectivity index (χ3n) is 4.19. The van der Waals surface area contributed by atoms with Crippen LogP contribution in [0.25, 0.3) is 0 Å². The molecule has 1 aromatic rings. The number of piperidine rings is 1. The fraction of sp³-hybridized carbons (Fsp3) is 0.647. The molecule has 1 aromatic carbocycles. The molecule has 0 amide bonds. The maximum Gasteiger partial charge on any atom is 0.00938 e. The van der Waals surface area contributed by atoms with Gasteiger partial charge in [-0.15, -0.1) is 0 Å². The van der Waals surface area contributed by atoms with Crippen LogP contribution in [0.5, 0.6) is 0 Å². The molecule has 0 saturated carbocycles. The van der Waals surface area contributed by atoms with E-state index < -0.39 is 0 Å². The van der Waals surface area contributed by atoms with Crippen molar-refractivity contribution in [2.24, 2.45) is 0 Å². The molecule has 1 N–H and O–H groups in total. The van der Waals surface area contributed by atoms with Crippen LogP contribution in [0.15, 0.2) is 24.3 Å². The number of likely N-dealkylation sites (tertiary alicyclic amines) is 1. The Hall–Kier alpha value is -0.860. The van der Waals surface area contributed by atoms with E-state index in [1.54, 1.807) is 0 Å². The summed E-state index contributed by atoms with van der Waals surface area (Å²) < 4.78 is 0. The van der Waals surface area contributed by atoms with Gasteiger partial charge in [-0.2, -0.15) is 0 Å².